The molecule has 0 bridgehead atoms. The van der Waals surface area contributed by atoms with Gasteiger partial charge in [0.25, 0.3) is 0 Å². The van der Waals surface area contributed by atoms with Crippen LogP contribution in [-0.4, -0.2) is 12.8 Å². The van der Waals surface area contributed by atoms with Crippen LogP contribution in [0.5, 0.6) is 0 Å². The third kappa shape index (κ3) is 1.24. The van der Waals surface area contributed by atoms with Crippen LogP contribution < -0.4 is 5.59 Å². The molecule has 1 aromatic rings. The van der Waals surface area contributed by atoms with Gasteiger partial charge in [0.15, 0.2) is 7.85 Å². The van der Waals surface area contributed by atoms with Gasteiger partial charge in [-0.2, -0.15) is 0 Å². The number of aromatic nitrogens is 1. The van der Waals surface area contributed by atoms with E-state index in [0.29, 0.717) is 5.02 Å². The molecule has 0 saturated heterocycles. The maximum absolute atomic E-state index is 5.55. The van der Waals surface area contributed by atoms with Crippen LogP contribution in [0, 0.1) is 0 Å². The minimum atomic E-state index is 0.690. The molecule has 8 heavy (non-hydrogen) atoms. The molecule has 0 unspecified atom stereocenters. The molecule has 3 heteroatoms. The molecule has 0 amide bonds. The minimum Gasteiger partial charge on any atom is -0.271 e. The van der Waals surface area contributed by atoms with Gasteiger partial charge in [-0.15, -0.1) is 0 Å². The molecule has 0 N–H and O–H groups in total. The van der Waals surface area contributed by atoms with Gasteiger partial charge in [0.2, 0.25) is 0 Å². The van der Waals surface area contributed by atoms with E-state index in [1.54, 1.807) is 6.20 Å². The van der Waals surface area contributed by atoms with E-state index >= 15 is 0 Å². The lowest BCUT2D eigenvalue weighted by Gasteiger charge is -1.87. The molecule has 40 valence electrons. The second-order valence-corrected chi connectivity index (χ2v) is 2.05. The Balaban J connectivity index is 3.03. The Morgan fingerprint density at radius 2 is 2.25 bits per heavy atom. The molecule has 0 atom stereocenters. The molecule has 1 heterocycles. The standard InChI is InChI=1S/C5H5BClN/c6-5-2-1-4(7)3-8-5/h1-3H,6H2. The Kier molecular flexibility index (Phi) is 1.54. The molecule has 1 rings (SSSR count). The Hall–Kier alpha value is -0.495. The van der Waals surface area contributed by atoms with E-state index in [4.69, 9.17) is 11.6 Å². The minimum absolute atomic E-state index is 0.690. The first-order valence-corrected chi connectivity index (χ1v) is 2.75. The number of rotatable bonds is 0. The summed E-state index contributed by atoms with van der Waals surface area (Å²) in [5, 5.41) is 0.690. The largest absolute Gasteiger partial charge is 0.271 e. The van der Waals surface area contributed by atoms with Crippen LogP contribution in [0.25, 0.3) is 0 Å². The first kappa shape index (κ1) is 5.64. The maximum Gasteiger partial charge on any atom is 0.163 e. The third-order valence-electron chi connectivity index (χ3n) is 0.875. The first-order chi connectivity index (χ1) is 3.79. The highest BCUT2D eigenvalue weighted by Gasteiger charge is 1.83. The summed E-state index contributed by atoms with van der Waals surface area (Å²) < 4.78 is 0. The second kappa shape index (κ2) is 2.18. The molecule has 0 aliphatic carbocycles. The van der Waals surface area contributed by atoms with Gasteiger partial charge in [-0.05, 0) is 17.7 Å². The van der Waals surface area contributed by atoms with E-state index in [1.807, 2.05) is 20.0 Å². The number of hydrogen-bond acceptors (Lipinski definition) is 1. The summed E-state index contributed by atoms with van der Waals surface area (Å²) in [6.07, 6.45) is 1.64. The normalized spacial score (nSPS) is 9.12. The fourth-order valence-corrected chi connectivity index (χ4v) is 0.562. The monoisotopic (exact) mass is 125 g/mol. The van der Waals surface area contributed by atoms with Crippen molar-refractivity contribution in [2.75, 3.05) is 0 Å². The van der Waals surface area contributed by atoms with Crippen LogP contribution in [0.2, 0.25) is 5.02 Å². The van der Waals surface area contributed by atoms with Crippen molar-refractivity contribution in [3.63, 3.8) is 0 Å². The summed E-state index contributed by atoms with van der Waals surface area (Å²) >= 11 is 5.55. The van der Waals surface area contributed by atoms with Gasteiger partial charge in [0.05, 0.1) is 5.02 Å². The SMILES string of the molecule is Bc1ccc(Cl)cn1. The first-order valence-electron chi connectivity index (χ1n) is 2.37. The zero-order chi connectivity index (χ0) is 5.98. The van der Waals surface area contributed by atoms with E-state index in [1.165, 1.54) is 0 Å². The van der Waals surface area contributed by atoms with Crippen molar-refractivity contribution in [1.29, 1.82) is 0 Å². The van der Waals surface area contributed by atoms with Crippen molar-refractivity contribution < 1.29 is 0 Å². The predicted molar refractivity (Wildman–Crippen MR) is 37.4 cm³/mol. The Labute approximate surface area is 54.1 Å². The molecule has 0 saturated carbocycles. The highest BCUT2D eigenvalue weighted by molar-refractivity contribution is 6.32. The molecule has 1 aromatic heterocycles. The summed E-state index contributed by atoms with van der Waals surface area (Å²) in [4.78, 5) is 3.95. The van der Waals surface area contributed by atoms with Crippen LogP contribution in [0.15, 0.2) is 18.3 Å². The lowest BCUT2D eigenvalue weighted by Crippen LogP contribution is -2.04. The molecule has 0 fully saturated rings. The van der Waals surface area contributed by atoms with Crippen molar-refractivity contribution >= 4 is 25.0 Å². The molecule has 0 aliphatic rings. The van der Waals surface area contributed by atoms with E-state index in [-0.39, 0.29) is 0 Å². The fourth-order valence-electron chi connectivity index (χ4n) is 0.450. The summed E-state index contributed by atoms with van der Waals surface area (Å²) in [5.41, 5.74) is 0.995. The van der Waals surface area contributed by atoms with E-state index in [0.717, 1.165) is 5.59 Å². The topological polar surface area (TPSA) is 12.9 Å². The summed E-state index contributed by atoms with van der Waals surface area (Å²) in [6, 6.07) is 3.70. The zero-order valence-electron chi connectivity index (χ0n) is 4.56. The molecule has 0 aliphatic heterocycles. The van der Waals surface area contributed by atoms with Gasteiger partial charge in [0.1, 0.15) is 0 Å². The van der Waals surface area contributed by atoms with Gasteiger partial charge in [-0.25, -0.2) is 0 Å². The van der Waals surface area contributed by atoms with Crippen LogP contribution >= 0.6 is 11.6 Å². The van der Waals surface area contributed by atoms with Gasteiger partial charge >= 0.3 is 0 Å². The van der Waals surface area contributed by atoms with Gasteiger partial charge in [-0.3, -0.25) is 4.98 Å². The van der Waals surface area contributed by atoms with Crippen molar-refractivity contribution in [2.45, 2.75) is 0 Å². The Bertz CT molecular complexity index is 151. The van der Waals surface area contributed by atoms with E-state index < -0.39 is 0 Å². The van der Waals surface area contributed by atoms with Gasteiger partial charge < -0.3 is 0 Å². The quantitative estimate of drug-likeness (QED) is 0.445. The highest BCUT2D eigenvalue weighted by Crippen LogP contribution is 2.00. The number of nitrogens with zero attached hydrogens (tertiary/aromatic N) is 1. The molecule has 1 nitrogen and oxygen atoms in total. The van der Waals surface area contributed by atoms with Crippen LogP contribution in [0.1, 0.15) is 0 Å². The maximum atomic E-state index is 5.55. The molecular formula is C5H5BClN. The van der Waals surface area contributed by atoms with Crippen molar-refractivity contribution in [1.82, 2.24) is 4.98 Å². The number of pyridine rings is 1. The molecular weight excluding hydrogens is 120 g/mol. The predicted octanol–water partition coefficient (Wildman–Crippen LogP) is -0.00660. The average molecular weight is 125 g/mol. The van der Waals surface area contributed by atoms with Crippen molar-refractivity contribution in [2.24, 2.45) is 0 Å². The molecule has 0 radical (unpaired) electrons. The molecule has 0 spiro atoms. The lowest BCUT2D eigenvalue weighted by atomic mass is 10.1. The van der Waals surface area contributed by atoms with Gasteiger partial charge in [-0.1, -0.05) is 11.6 Å². The number of hydrogen-bond donors (Lipinski definition) is 0. The van der Waals surface area contributed by atoms with Crippen LogP contribution in [-0.2, 0) is 0 Å². The average Bonchev–Trinajstić information content (AvgIpc) is 1.77. The zero-order valence-corrected chi connectivity index (χ0v) is 5.31. The van der Waals surface area contributed by atoms with E-state index in [9.17, 15) is 0 Å². The lowest BCUT2D eigenvalue weighted by molar-refractivity contribution is 1.39. The Morgan fingerprint density at radius 1 is 1.50 bits per heavy atom. The second-order valence-electron chi connectivity index (χ2n) is 1.62. The summed E-state index contributed by atoms with van der Waals surface area (Å²) in [5.74, 6) is 0. The molecule has 0 aromatic carbocycles. The fraction of sp³-hybridized carbons (Fsp3) is 0. The Morgan fingerprint density at radius 3 is 2.62 bits per heavy atom. The van der Waals surface area contributed by atoms with Crippen molar-refractivity contribution in [3.8, 4) is 0 Å². The smallest absolute Gasteiger partial charge is 0.163 e. The van der Waals surface area contributed by atoms with Crippen LogP contribution in [0.3, 0.4) is 0 Å². The van der Waals surface area contributed by atoms with Gasteiger partial charge in [0, 0.05) is 6.20 Å². The van der Waals surface area contributed by atoms with Crippen molar-refractivity contribution in [3.05, 3.63) is 23.4 Å². The van der Waals surface area contributed by atoms with Crippen LogP contribution in [0.4, 0.5) is 0 Å². The van der Waals surface area contributed by atoms with E-state index in [2.05, 4.69) is 4.98 Å². The highest BCUT2D eigenvalue weighted by atomic mass is 35.5. The third-order valence-corrected chi connectivity index (χ3v) is 1.10. The summed E-state index contributed by atoms with van der Waals surface area (Å²) in [7, 11) is 1.93. The number of halogens is 1. The summed E-state index contributed by atoms with van der Waals surface area (Å²) in [6.45, 7) is 0.